The van der Waals surface area contributed by atoms with Crippen molar-refractivity contribution >= 4 is 17.5 Å². The van der Waals surface area contributed by atoms with Gasteiger partial charge in [-0.1, -0.05) is 6.07 Å². The minimum atomic E-state index is -4.77. The van der Waals surface area contributed by atoms with Gasteiger partial charge in [0.15, 0.2) is 11.5 Å². The summed E-state index contributed by atoms with van der Waals surface area (Å²) in [5.74, 6) is 0.653. The van der Waals surface area contributed by atoms with Crippen molar-refractivity contribution in [3.8, 4) is 17.2 Å². The van der Waals surface area contributed by atoms with E-state index in [0.29, 0.717) is 56.2 Å². The van der Waals surface area contributed by atoms with Crippen molar-refractivity contribution in [2.45, 2.75) is 19.2 Å². The quantitative estimate of drug-likeness (QED) is 0.575. The van der Waals surface area contributed by atoms with Crippen molar-refractivity contribution < 1.29 is 37.0 Å². The van der Waals surface area contributed by atoms with Crippen molar-refractivity contribution in [3.63, 3.8) is 0 Å². The minimum absolute atomic E-state index is 0.0463. The normalized spacial score (nSPS) is 14.4. The van der Waals surface area contributed by atoms with Crippen LogP contribution in [0, 0.1) is 0 Å². The lowest BCUT2D eigenvalue weighted by atomic mass is 10.1. The summed E-state index contributed by atoms with van der Waals surface area (Å²) >= 11 is 0. The van der Waals surface area contributed by atoms with Gasteiger partial charge in [-0.15, -0.1) is 13.2 Å². The summed E-state index contributed by atoms with van der Waals surface area (Å²) in [6, 6.07) is 10.5. The number of alkyl halides is 3. The highest BCUT2D eigenvalue weighted by Gasteiger charge is 2.31. The Kier molecular flexibility index (Phi) is 8.80. The summed E-state index contributed by atoms with van der Waals surface area (Å²) in [4.78, 5) is 28.6. The third-order valence-electron chi connectivity index (χ3n) is 5.54. The van der Waals surface area contributed by atoms with Crippen molar-refractivity contribution in [1.82, 2.24) is 9.80 Å². The Labute approximate surface area is 201 Å². The van der Waals surface area contributed by atoms with Gasteiger partial charge in [-0.25, -0.2) is 0 Å². The molecular weight excluding hydrogens is 467 g/mol. The Balaban J connectivity index is 1.40. The van der Waals surface area contributed by atoms with E-state index in [2.05, 4.69) is 10.1 Å². The first-order valence-electron chi connectivity index (χ1n) is 11.0. The van der Waals surface area contributed by atoms with Gasteiger partial charge in [-0.05, 0) is 48.4 Å². The van der Waals surface area contributed by atoms with Crippen LogP contribution < -0.4 is 19.5 Å². The van der Waals surface area contributed by atoms with E-state index in [1.807, 2.05) is 23.1 Å². The van der Waals surface area contributed by atoms with E-state index in [4.69, 9.17) is 9.47 Å². The van der Waals surface area contributed by atoms with Gasteiger partial charge < -0.3 is 24.4 Å². The molecule has 1 aliphatic heterocycles. The Morgan fingerprint density at radius 1 is 0.943 bits per heavy atom. The Bertz CT molecular complexity index is 1010. The fourth-order valence-electron chi connectivity index (χ4n) is 3.74. The second-order valence-electron chi connectivity index (χ2n) is 7.97. The maximum absolute atomic E-state index is 12.6. The number of hydrogen-bond acceptors (Lipinski definition) is 6. The van der Waals surface area contributed by atoms with Gasteiger partial charge in [0.1, 0.15) is 5.75 Å². The number of anilines is 1. The molecule has 2 aromatic carbocycles. The molecule has 11 heteroatoms. The van der Waals surface area contributed by atoms with Crippen LogP contribution in [-0.4, -0.2) is 74.9 Å². The number of ether oxygens (including phenoxy) is 3. The molecule has 0 bridgehead atoms. The summed E-state index contributed by atoms with van der Waals surface area (Å²) in [5.41, 5.74) is 1.35. The van der Waals surface area contributed by atoms with E-state index in [-0.39, 0.29) is 24.1 Å². The van der Waals surface area contributed by atoms with Crippen LogP contribution in [0.2, 0.25) is 0 Å². The molecule has 3 rings (SSSR count). The number of aryl methyl sites for hydroxylation is 1. The van der Waals surface area contributed by atoms with Gasteiger partial charge in [0.25, 0.3) is 0 Å². The number of piperazine rings is 1. The van der Waals surface area contributed by atoms with Gasteiger partial charge in [0.2, 0.25) is 11.8 Å². The van der Waals surface area contributed by atoms with Gasteiger partial charge in [0.05, 0.1) is 20.8 Å². The molecule has 1 N–H and O–H groups in total. The van der Waals surface area contributed by atoms with Gasteiger partial charge in [-0.3, -0.25) is 14.5 Å². The van der Waals surface area contributed by atoms with E-state index in [1.54, 1.807) is 19.1 Å². The lowest BCUT2D eigenvalue weighted by Crippen LogP contribution is -2.50. The third-order valence-corrected chi connectivity index (χ3v) is 5.54. The monoisotopic (exact) mass is 495 g/mol. The van der Waals surface area contributed by atoms with Crippen LogP contribution in [0.25, 0.3) is 0 Å². The molecule has 2 aromatic rings. The molecule has 35 heavy (non-hydrogen) atoms. The van der Waals surface area contributed by atoms with Gasteiger partial charge in [0, 0.05) is 38.3 Å². The largest absolute Gasteiger partial charge is 0.573 e. The zero-order valence-corrected chi connectivity index (χ0v) is 19.6. The predicted octanol–water partition coefficient (Wildman–Crippen LogP) is 3.32. The molecule has 1 aliphatic rings. The molecule has 0 spiro atoms. The molecule has 8 nitrogen and oxygen atoms in total. The lowest BCUT2D eigenvalue weighted by Gasteiger charge is -2.34. The molecule has 0 unspecified atom stereocenters. The number of nitrogens with zero attached hydrogens (tertiary/aromatic N) is 2. The SMILES string of the molecule is COc1ccc(CCC(=O)N2CCN(CC(=O)Nc3ccc(OC(F)(F)F)cc3)CC2)cc1OC. The number of hydrogen-bond donors (Lipinski definition) is 1. The number of methoxy groups -OCH3 is 2. The molecule has 0 aliphatic carbocycles. The number of amides is 2. The number of benzene rings is 2. The summed E-state index contributed by atoms with van der Waals surface area (Å²) in [5, 5.41) is 2.65. The van der Waals surface area contributed by atoms with Crippen molar-refractivity contribution in [2.24, 2.45) is 0 Å². The molecule has 2 amide bonds. The molecule has 1 saturated heterocycles. The Hall–Kier alpha value is -3.47. The summed E-state index contributed by atoms with van der Waals surface area (Å²) < 4.78 is 51.0. The molecule has 0 saturated carbocycles. The summed E-state index contributed by atoms with van der Waals surface area (Å²) in [6.45, 7) is 2.25. The smallest absolute Gasteiger partial charge is 0.493 e. The highest BCUT2D eigenvalue weighted by molar-refractivity contribution is 5.92. The van der Waals surface area contributed by atoms with Crippen LogP contribution in [0.3, 0.4) is 0 Å². The summed E-state index contributed by atoms with van der Waals surface area (Å²) in [7, 11) is 3.13. The maximum Gasteiger partial charge on any atom is 0.573 e. The van der Waals surface area contributed by atoms with Gasteiger partial charge in [-0.2, -0.15) is 0 Å². The van der Waals surface area contributed by atoms with E-state index in [9.17, 15) is 22.8 Å². The van der Waals surface area contributed by atoms with Crippen LogP contribution >= 0.6 is 0 Å². The van der Waals surface area contributed by atoms with Crippen molar-refractivity contribution in [2.75, 3.05) is 52.3 Å². The van der Waals surface area contributed by atoms with E-state index in [1.165, 1.54) is 12.1 Å². The zero-order valence-electron chi connectivity index (χ0n) is 19.6. The number of rotatable bonds is 9. The van der Waals surface area contributed by atoms with Crippen molar-refractivity contribution in [1.29, 1.82) is 0 Å². The van der Waals surface area contributed by atoms with Crippen LogP contribution in [0.5, 0.6) is 17.2 Å². The number of nitrogens with one attached hydrogen (secondary N) is 1. The average Bonchev–Trinajstić information content (AvgIpc) is 2.83. The Morgan fingerprint density at radius 2 is 1.60 bits per heavy atom. The molecule has 1 fully saturated rings. The Morgan fingerprint density at radius 3 is 2.20 bits per heavy atom. The first-order chi connectivity index (χ1) is 16.7. The van der Waals surface area contributed by atoms with Crippen LogP contribution in [0.15, 0.2) is 42.5 Å². The molecule has 0 radical (unpaired) electrons. The number of carbonyl (C=O) groups excluding carboxylic acids is 2. The molecular formula is C24H28F3N3O5. The fraction of sp³-hybridized carbons (Fsp3) is 0.417. The summed E-state index contributed by atoms with van der Waals surface area (Å²) in [6.07, 6.45) is -3.82. The third kappa shape index (κ3) is 8.06. The highest BCUT2D eigenvalue weighted by Crippen LogP contribution is 2.28. The fourth-order valence-corrected chi connectivity index (χ4v) is 3.74. The molecule has 0 atom stereocenters. The second kappa shape index (κ2) is 11.8. The highest BCUT2D eigenvalue weighted by atomic mass is 19.4. The van der Waals surface area contributed by atoms with Crippen LogP contribution in [-0.2, 0) is 16.0 Å². The van der Waals surface area contributed by atoms with E-state index >= 15 is 0 Å². The standard InChI is InChI=1S/C24H28F3N3O5/c1-33-20-9-3-17(15-21(20)34-2)4-10-23(32)30-13-11-29(12-14-30)16-22(31)28-18-5-7-19(8-6-18)35-24(25,26)27/h3,5-9,15H,4,10-14,16H2,1-2H3,(H,28,31). The van der Waals surface area contributed by atoms with Crippen molar-refractivity contribution in [3.05, 3.63) is 48.0 Å². The first-order valence-corrected chi connectivity index (χ1v) is 11.0. The lowest BCUT2D eigenvalue weighted by molar-refractivity contribution is -0.274. The number of halogens is 3. The minimum Gasteiger partial charge on any atom is -0.493 e. The van der Waals surface area contributed by atoms with E-state index < -0.39 is 6.36 Å². The topological polar surface area (TPSA) is 80.3 Å². The molecule has 1 heterocycles. The van der Waals surface area contributed by atoms with Crippen LogP contribution in [0.1, 0.15) is 12.0 Å². The first kappa shape index (κ1) is 26.1. The maximum atomic E-state index is 12.6. The van der Waals surface area contributed by atoms with Crippen LogP contribution in [0.4, 0.5) is 18.9 Å². The second-order valence-corrected chi connectivity index (χ2v) is 7.97. The molecule has 190 valence electrons. The van der Waals surface area contributed by atoms with Gasteiger partial charge >= 0.3 is 6.36 Å². The average molecular weight is 495 g/mol. The molecule has 0 aromatic heterocycles. The predicted molar refractivity (Wildman–Crippen MR) is 123 cm³/mol. The zero-order chi connectivity index (χ0) is 25.4. The number of carbonyl (C=O) groups is 2. The van der Waals surface area contributed by atoms with E-state index in [0.717, 1.165) is 17.7 Å².